The van der Waals surface area contributed by atoms with Gasteiger partial charge in [-0.3, -0.25) is 14.4 Å². The Morgan fingerprint density at radius 1 is 0.352 bits per heavy atom. The minimum absolute atomic E-state index is 0.256. The minimum atomic E-state index is -2.37. The fraction of sp³-hybridized carbons (Fsp3) is 0.952. The molecule has 46 heteroatoms. The Morgan fingerprint density at radius 2 is 0.639 bits per heavy atom. The Kier molecular flexibility index (Phi) is 32.3. The second-order valence-corrected chi connectivity index (χ2v) is 27.8. The van der Waals surface area contributed by atoms with Gasteiger partial charge in [-0.05, 0) is 26.3 Å². The van der Waals surface area contributed by atoms with Gasteiger partial charge in [-0.1, -0.05) is 5.11 Å². The summed E-state index contributed by atoms with van der Waals surface area (Å²) in [4.78, 5) is 42.6. The van der Waals surface area contributed by atoms with Gasteiger partial charge in [0.25, 0.3) is 0 Å². The van der Waals surface area contributed by atoms with E-state index in [1.807, 2.05) is 0 Å². The molecular weight excluding hydrogens is 1470 g/mol. The van der Waals surface area contributed by atoms with Crippen molar-refractivity contribution in [3.8, 4) is 0 Å². The first kappa shape index (κ1) is 88.2. The Hall–Kier alpha value is -3.76. The van der Waals surface area contributed by atoms with Crippen molar-refractivity contribution in [1.29, 1.82) is 0 Å². The molecule has 0 aromatic carbocycles. The van der Waals surface area contributed by atoms with Gasteiger partial charge in [0.15, 0.2) is 56.6 Å². The second kappa shape index (κ2) is 39.5. The monoisotopic (exact) mass is 1570 g/mol. The van der Waals surface area contributed by atoms with Crippen molar-refractivity contribution in [1.82, 2.24) is 16.0 Å². The lowest BCUT2D eigenvalue weighted by molar-refractivity contribution is -0.396. The van der Waals surface area contributed by atoms with E-state index >= 15 is 0 Å². The number of carbonyl (C=O) groups excluding carboxylic acids is 3. The standard InChI is InChI=1S/C62H104N6O40/c1-18-39(81)24(78)9-33(92-18)101-52-36(65-21(4)75)57(91-8-7-64-68-63)98-30(15-72)49(52)105-61-47(89)55(43(85)28(13-70)96-61)108-59-38(67-23(6)77)54(103-35-11-26(80)41(83)20(3)94-35)51(32(17-74)100-59)106-62-48(90)56(44(86)29(14-71)97-62)107-58-37(66-22(5)76)53(102-34-10-25(79)40(82)19(2)93-34)50(31(16-73)99-58)104-60-46(88)45(87)42(84)27(12-69)95-60/h18-20,24-62,69-74,78-90H,7-17H2,1-6H3,(H,65,75)(H,66,76)(H,67,77)/t18-,19-,20-,24?,25?,26?,27?,28?,29?,30?,31?,32?,33?,34?,35?,36?,37?,38?,39+,40+,41+,42+,43+,44+,45+,46?,47?,48?,49+,50+,51+,52-,53-,54-,55+,56+,57-,58+,59+,60+,61+,62+/m1/s1. The topological polar surface area (TPSA) is 687 Å². The van der Waals surface area contributed by atoms with Crippen LogP contribution in [0.2, 0.25) is 0 Å². The molecule has 108 heavy (non-hydrogen) atoms. The highest BCUT2D eigenvalue weighted by molar-refractivity contribution is 5.74. The highest BCUT2D eigenvalue weighted by Crippen LogP contribution is 2.41. The fourth-order valence-corrected chi connectivity index (χ4v) is 14.4. The van der Waals surface area contributed by atoms with Crippen LogP contribution in [0.4, 0.5) is 0 Å². The lowest BCUT2D eigenvalue weighted by atomic mass is 9.93. The maximum absolute atomic E-state index is 13.6. The molecule has 0 aromatic rings. The largest absolute Gasteiger partial charge is 0.394 e. The summed E-state index contributed by atoms with van der Waals surface area (Å²) in [6, 6.07) is -5.16. The number of aliphatic hydroxyl groups is 19. The minimum Gasteiger partial charge on any atom is -0.394 e. The number of hydrogen-bond acceptors (Lipinski definition) is 41. The van der Waals surface area contributed by atoms with Gasteiger partial charge in [-0.25, -0.2) is 0 Å². The number of ether oxygens (including phenoxy) is 18. The summed E-state index contributed by atoms with van der Waals surface area (Å²) in [5.41, 5.74) is 8.94. The average molecular weight is 1570 g/mol. The summed E-state index contributed by atoms with van der Waals surface area (Å²) < 4.78 is 111. The maximum atomic E-state index is 13.6. The van der Waals surface area contributed by atoms with Crippen molar-refractivity contribution >= 4 is 17.7 Å². The summed E-state index contributed by atoms with van der Waals surface area (Å²) in [5.74, 6) is -2.51. The number of hydrogen-bond donors (Lipinski definition) is 22. The molecule has 9 heterocycles. The summed E-state index contributed by atoms with van der Waals surface area (Å²) in [7, 11) is 0. The maximum Gasteiger partial charge on any atom is 0.217 e. The summed E-state index contributed by atoms with van der Waals surface area (Å²) in [6.45, 7) is 0.399. The van der Waals surface area contributed by atoms with E-state index in [0.29, 0.717) is 0 Å². The Morgan fingerprint density at radius 3 is 0.944 bits per heavy atom. The van der Waals surface area contributed by atoms with Crippen LogP contribution in [0.5, 0.6) is 0 Å². The highest BCUT2D eigenvalue weighted by atomic mass is 16.8. The van der Waals surface area contributed by atoms with Crippen molar-refractivity contribution in [3.05, 3.63) is 10.4 Å². The molecule has 9 fully saturated rings. The molecule has 42 atom stereocenters. The first-order valence-electron chi connectivity index (χ1n) is 35.4. The van der Waals surface area contributed by atoms with E-state index in [0.717, 1.165) is 20.8 Å². The molecule has 22 N–H and O–H groups in total. The van der Waals surface area contributed by atoms with Crippen LogP contribution in [0.15, 0.2) is 5.11 Å². The highest BCUT2D eigenvalue weighted by Gasteiger charge is 2.61. The average Bonchev–Trinajstić information content (AvgIpc) is 0.763. The Balaban J connectivity index is 1.04. The summed E-state index contributed by atoms with van der Waals surface area (Å²) in [5, 5.41) is 223. The van der Waals surface area contributed by atoms with Crippen molar-refractivity contribution < 1.29 is 197 Å². The number of azide groups is 1. The normalized spacial score (nSPS) is 48.2. The van der Waals surface area contributed by atoms with E-state index < -0.39 is 334 Å². The van der Waals surface area contributed by atoms with Crippen molar-refractivity contribution in [2.45, 2.75) is 319 Å². The number of nitrogens with zero attached hydrogens (tertiary/aromatic N) is 3. The van der Waals surface area contributed by atoms with Gasteiger partial charge < -0.3 is 198 Å². The number of nitrogens with one attached hydrogen (secondary N) is 3. The van der Waals surface area contributed by atoms with Gasteiger partial charge in [-0.15, -0.1) is 0 Å². The molecule has 0 aromatic heterocycles. The molecule has 0 radical (unpaired) electrons. The molecule has 9 aliphatic heterocycles. The number of amides is 3. The molecule has 9 aliphatic rings. The molecule has 622 valence electrons. The lowest BCUT2D eigenvalue weighted by Crippen LogP contribution is -2.72. The predicted octanol–water partition coefficient (Wildman–Crippen LogP) is -12.7. The van der Waals surface area contributed by atoms with Crippen LogP contribution in [0, 0.1) is 0 Å². The van der Waals surface area contributed by atoms with Crippen LogP contribution >= 0.6 is 0 Å². The van der Waals surface area contributed by atoms with E-state index in [2.05, 4.69) is 26.0 Å². The van der Waals surface area contributed by atoms with E-state index in [1.165, 1.54) is 20.8 Å². The number of carbonyl (C=O) groups is 3. The summed E-state index contributed by atoms with van der Waals surface area (Å²) in [6.07, 6.45) is -70.9. The van der Waals surface area contributed by atoms with Crippen molar-refractivity contribution in [3.63, 3.8) is 0 Å². The predicted molar refractivity (Wildman–Crippen MR) is 341 cm³/mol. The molecule has 18 unspecified atom stereocenters. The Labute approximate surface area is 615 Å². The molecule has 0 aliphatic carbocycles. The third-order valence-electron chi connectivity index (χ3n) is 20.0. The van der Waals surface area contributed by atoms with E-state index in [-0.39, 0.29) is 13.2 Å². The molecular formula is C62H104N6O40. The number of rotatable bonds is 29. The quantitative estimate of drug-likeness (QED) is 0.0143. The molecule has 3 amide bonds. The van der Waals surface area contributed by atoms with E-state index in [4.69, 9.17) is 90.8 Å². The van der Waals surface area contributed by atoms with Gasteiger partial charge in [0.1, 0.15) is 165 Å². The smallest absolute Gasteiger partial charge is 0.217 e. The van der Waals surface area contributed by atoms with Crippen molar-refractivity contribution in [2.75, 3.05) is 52.8 Å². The molecule has 0 bridgehead atoms. The summed E-state index contributed by atoms with van der Waals surface area (Å²) >= 11 is 0. The van der Waals surface area contributed by atoms with Gasteiger partial charge in [0, 0.05) is 51.5 Å². The zero-order valence-electron chi connectivity index (χ0n) is 59.4. The van der Waals surface area contributed by atoms with E-state index in [9.17, 15) is 111 Å². The van der Waals surface area contributed by atoms with Gasteiger partial charge in [0.05, 0.1) is 82.9 Å². The molecule has 9 rings (SSSR count). The van der Waals surface area contributed by atoms with Crippen LogP contribution in [-0.2, 0) is 99.6 Å². The van der Waals surface area contributed by atoms with Gasteiger partial charge in [0.2, 0.25) is 17.7 Å². The Bertz CT molecular complexity index is 2840. The third-order valence-corrected chi connectivity index (χ3v) is 20.0. The van der Waals surface area contributed by atoms with Crippen LogP contribution in [0.3, 0.4) is 0 Å². The molecule has 9 saturated heterocycles. The molecule has 0 saturated carbocycles. The molecule has 0 spiro atoms. The van der Waals surface area contributed by atoms with Crippen molar-refractivity contribution in [2.24, 2.45) is 5.11 Å². The molecule has 46 nitrogen and oxygen atoms in total. The van der Waals surface area contributed by atoms with Gasteiger partial charge in [-0.2, -0.15) is 0 Å². The zero-order valence-corrected chi connectivity index (χ0v) is 59.4. The first-order valence-corrected chi connectivity index (χ1v) is 35.4. The van der Waals surface area contributed by atoms with Crippen LogP contribution < -0.4 is 16.0 Å². The lowest BCUT2D eigenvalue weighted by Gasteiger charge is -2.52. The first-order chi connectivity index (χ1) is 51.3. The zero-order chi connectivity index (χ0) is 79.0. The van der Waals surface area contributed by atoms with Crippen LogP contribution in [0.1, 0.15) is 60.8 Å². The fourth-order valence-electron chi connectivity index (χ4n) is 14.4. The SMILES string of the molecule is CC(=O)NC1[C@H](O[C@@H]2C(O)[C@H](O[C@H]3C(CO)O[C@@H](O[C@@H]4C(O)[C@H](O[C@H]5C(CO)O[C@@H](OCCN=[N+]=[N-])C(NC(C)=O)[C@H]5OC5CC(O)[C@@H](O)[C@@H](C)O5)OC(CO)[C@@H]4O)C(NC(C)=O)[C@H]3OC3CC(O)[C@@H](O)[C@@H](C)O3)OC(CO)[C@@H]2O)OC(CO)[C@H](O[C@@H]2OC(CO)[C@H](O)[C@H](O)C2O)[C@@H]1OC1CC(O)[C@@H](O)[C@@H](C)O1. The van der Waals surface area contributed by atoms with Gasteiger partial charge >= 0.3 is 0 Å². The number of aliphatic hydroxyl groups excluding tert-OH is 19. The van der Waals surface area contributed by atoms with Crippen LogP contribution in [0.25, 0.3) is 10.4 Å². The van der Waals surface area contributed by atoms with Crippen LogP contribution in [-0.4, -0.2) is 425 Å². The van der Waals surface area contributed by atoms with E-state index in [1.54, 1.807) is 0 Å². The third kappa shape index (κ3) is 20.5. The second-order valence-electron chi connectivity index (χ2n) is 27.8.